The number of hydrogen-bond acceptors (Lipinski definition) is 2. The molecule has 0 aromatic rings. The monoisotopic (exact) mass is 165 g/mol. The van der Waals surface area contributed by atoms with Crippen LogP contribution < -0.4 is 0 Å². The summed E-state index contributed by atoms with van der Waals surface area (Å²) in [7, 11) is 2.09. The van der Waals surface area contributed by atoms with Gasteiger partial charge in [0.1, 0.15) is 0 Å². The predicted molar refractivity (Wildman–Crippen MR) is 48.8 cm³/mol. The zero-order chi connectivity index (χ0) is 8.55. The van der Waals surface area contributed by atoms with Crippen LogP contribution in [0.2, 0.25) is 0 Å². The third-order valence-corrected chi connectivity index (χ3v) is 2.46. The van der Waals surface area contributed by atoms with Crippen LogP contribution in [0.15, 0.2) is 23.8 Å². The van der Waals surface area contributed by atoms with Crippen molar-refractivity contribution in [1.82, 2.24) is 4.90 Å². The average molecular weight is 165 g/mol. The third kappa shape index (κ3) is 1.45. The van der Waals surface area contributed by atoms with Gasteiger partial charge < -0.3 is 4.74 Å². The van der Waals surface area contributed by atoms with Gasteiger partial charge in [-0.15, -0.1) is 0 Å². The Morgan fingerprint density at radius 2 is 2.42 bits per heavy atom. The van der Waals surface area contributed by atoms with E-state index in [1.165, 1.54) is 5.57 Å². The van der Waals surface area contributed by atoms with Crippen molar-refractivity contribution >= 4 is 0 Å². The largest absolute Gasteiger partial charge is 0.358 e. The van der Waals surface area contributed by atoms with E-state index < -0.39 is 0 Å². The Morgan fingerprint density at radius 3 is 3.25 bits per heavy atom. The van der Waals surface area contributed by atoms with E-state index in [1.807, 2.05) is 0 Å². The van der Waals surface area contributed by atoms with Crippen molar-refractivity contribution in [3.05, 3.63) is 23.8 Å². The SMILES string of the molecule is CC1=CC2CN(C)COC2C=C1. The quantitative estimate of drug-likeness (QED) is 0.538. The highest BCUT2D eigenvalue weighted by atomic mass is 16.5. The van der Waals surface area contributed by atoms with Crippen molar-refractivity contribution < 1.29 is 4.74 Å². The number of nitrogens with zero attached hydrogens (tertiary/aromatic N) is 1. The second-order valence-corrected chi connectivity index (χ2v) is 3.73. The molecule has 1 heterocycles. The third-order valence-electron chi connectivity index (χ3n) is 2.46. The lowest BCUT2D eigenvalue weighted by Crippen LogP contribution is -2.42. The van der Waals surface area contributed by atoms with Gasteiger partial charge in [-0.25, -0.2) is 0 Å². The highest BCUT2D eigenvalue weighted by Gasteiger charge is 2.26. The van der Waals surface area contributed by atoms with Gasteiger partial charge >= 0.3 is 0 Å². The normalized spacial score (nSPS) is 36.0. The lowest BCUT2D eigenvalue weighted by molar-refractivity contribution is -0.0592. The number of allylic oxidation sites excluding steroid dienone is 2. The van der Waals surface area contributed by atoms with E-state index in [-0.39, 0.29) is 0 Å². The molecule has 66 valence electrons. The molecule has 1 saturated heterocycles. The molecule has 2 atom stereocenters. The van der Waals surface area contributed by atoms with E-state index >= 15 is 0 Å². The molecule has 2 unspecified atom stereocenters. The smallest absolute Gasteiger partial charge is 0.0996 e. The molecule has 12 heavy (non-hydrogen) atoms. The first kappa shape index (κ1) is 8.02. The first-order valence-electron chi connectivity index (χ1n) is 4.42. The van der Waals surface area contributed by atoms with Gasteiger partial charge in [0, 0.05) is 12.5 Å². The lowest BCUT2D eigenvalue weighted by atomic mass is 9.93. The summed E-state index contributed by atoms with van der Waals surface area (Å²) in [6, 6.07) is 0. The van der Waals surface area contributed by atoms with Crippen LogP contribution in [0, 0.1) is 5.92 Å². The van der Waals surface area contributed by atoms with Gasteiger partial charge in [-0.05, 0) is 14.0 Å². The molecule has 2 rings (SSSR count). The maximum Gasteiger partial charge on any atom is 0.0996 e. The first-order chi connectivity index (χ1) is 5.75. The van der Waals surface area contributed by atoms with Crippen LogP contribution >= 0.6 is 0 Å². The lowest BCUT2D eigenvalue weighted by Gasteiger charge is -2.35. The molecular weight excluding hydrogens is 150 g/mol. The molecule has 1 aliphatic heterocycles. The topological polar surface area (TPSA) is 12.5 Å². The zero-order valence-corrected chi connectivity index (χ0v) is 7.66. The number of fused-ring (bicyclic) bond motifs is 1. The summed E-state index contributed by atoms with van der Waals surface area (Å²) in [5.41, 5.74) is 1.36. The number of hydrogen-bond donors (Lipinski definition) is 0. The molecule has 0 saturated carbocycles. The van der Waals surface area contributed by atoms with Gasteiger partial charge in [0.25, 0.3) is 0 Å². The molecule has 0 bridgehead atoms. The van der Waals surface area contributed by atoms with Crippen LogP contribution in [0.25, 0.3) is 0 Å². The summed E-state index contributed by atoms with van der Waals surface area (Å²) in [6.45, 7) is 4.02. The summed E-state index contributed by atoms with van der Waals surface area (Å²) >= 11 is 0. The first-order valence-corrected chi connectivity index (χ1v) is 4.42. The molecule has 2 heteroatoms. The maximum absolute atomic E-state index is 5.64. The minimum atomic E-state index is 0.324. The fourth-order valence-electron chi connectivity index (χ4n) is 1.84. The standard InChI is InChI=1S/C10H15NO/c1-8-3-4-10-9(5-8)6-11(2)7-12-10/h3-5,9-10H,6-7H2,1-2H3. The van der Waals surface area contributed by atoms with Crippen molar-refractivity contribution in [2.75, 3.05) is 20.3 Å². The van der Waals surface area contributed by atoms with Gasteiger partial charge in [-0.1, -0.05) is 23.8 Å². The van der Waals surface area contributed by atoms with Crippen LogP contribution in [-0.4, -0.2) is 31.3 Å². The molecule has 0 amide bonds. The van der Waals surface area contributed by atoms with Gasteiger partial charge in [0.2, 0.25) is 0 Å². The summed E-state index contributed by atoms with van der Waals surface area (Å²) in [5.74, 6) is 0.564. The molecule has 0 radical (unpaired) electrons. The van der Waals surface area contributed by atoms with Crippen LogP contribution in [0.1, 0.15) is 6.92 Å². The van der Waals surface area contributed by atoms with Gasteiger partial charge in [0.15, 0.2) is 0 Å². The molecular formula is C10H15NO. The summed E-state index contributed by atoms with van der Waals surface area (Å²) in [6.07, 6.45) is 6.95. The van der Waals surface area contributed by atoms with Crippen LogP contribution in [0.5, 0.6) is 0 Å². The van der Waals surface area contributed by atoms with E-state index in [4.69, 9.17) is 4.74 Å². The highest BCUT2D eigenvalue weighted by molar-refractivity contribution is 5.25. The molecule has 2 aliphatic rings. The Kier molecular flexibility index (Phi) is 2.03. The Hall–Kier alpha value is -0.600. The maximum atomic E-state index is 5.64. The van der Waals surface area contributed by atoms with Crippen molar-refractivity contribution in [2.24, 2.45) is 5.92 Å². The van der Waals surface area contributed by atoms with Gasteiger partial charge in [-0.2, -0.15) is 0 Å². The van der Waals surface area contributed by atoms with E-state index in [1.54, 1.807) is 0 Å². The summed E-state index contributed by atoms with van der Waals surface area (Å²) in [4.78, 5) is 2.21. The van der Waals surface area contributed by atoms with E-state index in [9.17, 15) is 0 Å². The Labute approximate surface area is 73.5 Å². The van der Waals surface area contributed by atoms with Crippen molar-refractivity contribution in [1.29, 1.82) is 0 Å². The summed E-state index contributed by atoms with van der Waals surface area (Å²) < 4.78 is 5.64. The van der Waals surface area contributed by atoms with Crippen LogP contribution in [0.4, 0.5) is 0 Å². The van der Waals surface area contributed by atoms with Crippen molar-refractivity contribution in [3.8, 4) is 0 Å². The minimum Gasteiger partial charge on any atom is -0.358 e. The fourth-order valence-corrected chi connectivity index (χ4v) is 1.84. The average Bonchev–Trinajstić information content (AvgIpc) is 2.03. The number of rotatable bonds is 0. The zero-order valence-electron chi connectivity index (χ0n) is 7.66. The second-order valence-electron chi connectivity index (χ2n) is 3.73. The second kappa shape index (κ2) is 3.04. The van der Waals surface area contributed by atoms with Crippen molar-refractivity contribution in [3.63, 3.8) is 0 Å². The molecule has 1 aliphatic carbocycles. The molecule has 1 fully saturated rings. The Balaban J connectivity index is 2.11. The van der Waals surface area contributed by atoms with Gasteiger partial charge in [0.05, 0.1) is 12.8 Å². The van der Waals surface area contributed by atoms with Crippen LogP contribution in [0.3, 0.4) is 0 Å². The van der Waals surface area contributed by atoms with E-state index in [0.717, 1.165) is 13.3 Å². The van der Waals surface area contributed by atoms with E-state index in [0.29, 0.717) is 12.0 Å². The molecule has 2 nitrogen and oxygen atoms in total. The molecule has 0 aromatic heterocycles. The molecule has 0 N–H and O–H groups in total. The number of ether oxygens (including phenoxy) is 1. The molecule has 0 spiro atoms. The molecule has 0 aromatic carbocycles. The van der Waals surface area contributed by atoms with Gasteiger partial charge in [-0.3, -0.25) is 4.90 Å². The Morgan fingerprint density at radius 1 is 1.58 bits per heavy atom. The van der Waals surface area contributed by atoms with E-state index in [2.05, 4.69) is 37.1 Å². The predicted octanol–water partition coefficient (Wildman–Crippen LogP) is 1.41. The van der Waals surface area contributed by atoms with Crippen molar-refractivity contribution in [2.45, 2.75) is 13.0 Å². The highest BCUT2D eigenvalue weighted by Crippen LogP contribution is 2.23. The fraction of sp³-hybridized carbons (Fsp3) is 0.600. The summed E-state index contributed by atoms with van der Waals surface area (Å²) in [5, 5.41) is 0. The minimum absolute atomic E-state index is 0.324. The Bertz CT molecular complexity index is 232. The van der Waals surface area contributed by atoms with Crippen LogP contribution in [-0.2, 0) is 4.74 Å².